The first-order chi connectivity index (χ1) is 10.5. The summed E-state index contributed by atoms with van der Waals surface area (Å²) in [4.78, 5) is 23.9. The Hall–Kier alpha value is -2.21. The Kier molecular flexibility index (Phi) is 5.27. The van der Waals surface area contributed by atoms with E-state index in [-0.39, 0.29) is 17.0 Å². The lowest BCUT2D eigenvalue weighted by Gasteiger charge is -2.12. The van der Waals surface area contributed by atoms with Crippen LogP contribution in [0.1, 0.15) is 32.5 Å². The third-order valence-electron chi connectivity index (χ3n) is 3.20. The molecule has 2 rings (SSSR count). The molecule has 0 saturated heterocycles. The zero-order chi connectivity index (χ0) is 16.1. The van der Waals surface area contributed by atoms with Crippen LogP contribution in [0, 0.1) is 11.7 Å². The maximum absolute atomic E-state index is 13.8. The lowest BCUT2D eigenvalue weighted by atomic mass is 10.1. The van der Waals surface area contributed by atoms with Crippen LogP contribution in [-0.4, -0.2) is 23.5 Å². The number of carboxylic acids is 1. The summed E-state index contributed by atoms with van der Waals surface area (Å²) < 4.78 is 13.8. The first-order valence-electron chi connectivity index (χ1n) is 6.80. The molecule has 1 aromatic carbocycles. The third-order valence-corrected chi connectivity index (χ3v) is 4.10. The second-order valence-corrected chi connectivity index (χ2v) is 6.13. The lowest BCUT2D eigenvalue weighted by Crippen LogP contribution is -2.29. The molecule has 0 bridgehead atoms. The molecule has 0 spiro atoms. The van der Waals surface area contributed by atoms with Gasteiger partial charge in [0, 0.05) is 11.4 Å². The molecule has 1 aromatic heterocycles. The van der Waals surface area contributed by atoms with Crippen LogP contribution in [0.2, 0.25) is 0 Å². The van der Waals surface area contributed by atoms with Gasteiger partial charge in [0.15, 0.2) is 0 Å². The topological polar surface area (TPSA) is 66.4 Å². The molecule has 1 amide bonds. The predicted octanol–water partition coefficient (Wildman–Crippen LogP) is 3.19. The SMILES string of the molecule is CC(CNC(=O)c1ccc(C(=O)O)cc1F)Cc1cccs1. The number of aromatic carboxylic acids is 1. The fourth-order valence-electron chi connectivity index (χ4n) is 2.04. The highest BCUT2D eigenvalue weighted by molar-refractivity contribution is 7.09. The zero-order valence-corrected chi connectivity index (χ0v) is 12.8. The van der Waals surface area contributed by atoms with Gasteiger partial charge in [0.1, 0.15) is 5.82 Å². The maximum atomic E-state index is 13.8. The fourth-order valence-corrected chi connectivity index (χ4v) is 2.91. The van der Waals surface area contributed by atoms with Crippen LogP contribution in [0.15, 0.2) is 35.7 Å². The summed E-state index contributed by atoms with van der Waals surface area (Å²) in [7, 11) is 0. The van der Waals surface area contributed by atoms with Crippen molar-refractivity contribution in [1.29, 1.82) is 0 Å². The van der Waals surface area contributed by atoms with E-state index in [0.29, 0.717) is 6.54 Å². The summed E-state index contributed by atoms with van der Waals surface area (Å²) in [5.41, 5.74) is -0.326. The number of hydrogen-bond acceptors (Lipinski definition) is 3. The number of carbonyl (C=O) groups excluding carboxylic acids is 1. The predicted molar refractivity (Wildman–Crippen MR) is 82.9 cm³/mol. The smallest absolute Gasteiger partial charge is 0.335 e. The van der Waals surface area contributed by atoms with E-state index in [0.717, 1.165) is 12.5 Å². The molecule has 1 heterocycles. The van der Waals surface area contributed by atoms with E-state index in [1.165, 1.54) is 17.0 Å². The van der Waals surface area contributed by atoms with Crippen molar-refractivity contribution < 1.29 is 19.1 Å². The van der Waals surface area contributed by atoms with Gasteiger partial charge in [-0.2, -0.15) is 0 Å². The van der Waals surface area contributed by atoms with Crippen molar-refractivity contribution in [1.82, 2.24) is 5.32 Å². The number of thiophene rings is 1. The minimum absolute atomic E-state index is 0.145. The molecule has 0 saturated carbocycles. The highest BCUT2D eigenvalue weighted by atomic mass is 32.1. The van der Waals surface area contributed by atoms with Gasteiger partial charge < -0.3 is 10.4 Å². The van der Waals surface area contributed by atoms with Gasteiger partial charge in [0.05, 0.1) is 11.1 Å². The molecule has 6 heteroatoms. The molecular weight excluding hydrogens is 305 g/mol. The molecule has 0 fully saturated rings. The normalized spacial score (nSPS) is 11.9. The molecule has 2 N–H and O–H groups in total. The Bertz CT molecular complexity index is 670. The van der Waals surface area contributed by atoms with Gasteiger partial charge >= 0.3 is 5.97 Å². The van der Waals surface area contributed by atoms with Crippen LogP contribution in [0.5, 0.6) is 0 Å². The Morgan fingerprint density at radius 2 is 2.14 bits per heavy atom. The monoisotopic (exact) mass is 321 g/mol. The van der Waals surface area contributed by atoms with Gasteiger partial charge in [-0.1, -0.05) is 13.0 Å². The zero-order valence-electron chi connectivity index (χ0n) is 12.0. The van der Waals surface area contributed by atoms with Gasteiger partial charge in [-0.15, -0.1) is 11.3 Å². The minimum Gasteiger partial charge on any atom is -0.478 e. The van der Waals surface area contributed by atoms with Crippen molar-refractivity contribution >= 4 is 23.2 Å². The number of carbonyl (C=O) groups is 2. The van der Waals surface area contributed by atoms with Crippen LogP contribution in [-0.2, 0) is 6.42 Å². The molecule has 116 valence electrons. The maximum Gasteiger partial charge on any atom is 0.335 e. The van der Waals surface area contributed by atoms with Crippen molar-refractivity contribution in [3.8, 4) is 0 Å². The van der Waals surface area contributed by atoms with Crippen LogP contribution in [0.25, 0.3) is 0 Å². The summed E-state index contributed by atoms with van der Waals surface area (Å²) in [6, 6.07) is 7.28. The van der Waals surface area contributed by atoms with Crippen molar-refractivity contribution in [3.05, 3.63) is 57.5 Å². The number of nitrogens with one attached hydrogen (secondary N) is 1. The van der Waals surface area contributed by atoms with Gasteiger partial charge in [0.25, 0.3) is 5.91 Å². The van der Waals surface area contributed by atoms with Crippen LogP contribution >= 0.6 is 11.3 Å². The number of rotatable bonds is 6. The van der Waals surface area contributed by atoms with E-state index >= 15 is 0 Å². The van der Waals surface area contributed by atoms with Crippen molar-refractivity contribution in [2.45, 2.75) is 13.3 Å². The Morgan fingerprint density at radius 3 is 2.73 bits per heavy atom. The quantitative estimate of drug-likeness (QED) is 0.858. The van der Waals surface area contributed by atoms with Crippen molar-refractivity contribution in [3.63, 3.8) is 0 Å². The number of hydrogen-bond donors (Lipinski definition) is 2. The Morgan fingerprint density at radius 1 is 1.36 bits per heavy atom. The molecule has 0 aliphatic rings. The summed E-state index contributed by atoms with van der Waals surface area (Å²) in [6.07, 6.45) is 0.846. The molecule has 1 unspecified atom stereocenters. The third kappa shape index (κ3) is 4.14. The second-order valence-electron chi connectivity index (χ2n) is 5.10. The highest BCUT2D eigenvalue weighted by Gasteiger charge is 2.15. The molecule has 4 nitrogen and oxygen atoms in total. The fraction of sp³-hybridized carbons (Fsp3) is 0.250. The first-order valence-corrected chi connectivity index (χ1v) is 7.68. The average Bonchev–Trinajstić information content (AvgIpc) is 2.97. The van der Waals surface area contributed by atoms with Crippen LogP contribution in [0.3, 0.4) is 0 Å². The summed E-state index contributed by atoms with van der Waals surface area (Å²) >= 11 is 1.66. The number of amides is 1. The van der Waals surface area contributed by atoms with Crippen LogP contribution in [0.4, 0.5) is 4.39 Å². The van der Waals surface area contributed by atoms with E-state index < -0.39 is 17.7 Å². The van der Waals surface area contributed by atoms with Gasteiger partial charge in [-0.25, -0.2) is 9.18 Å². The average molecular weight is 321 g/mol. The van der Waals surface area contributed by atoms with Gasteiger partial charge in [-0.3, -0.25) is 4.79 Å². The molecule has 1 atom stereocenters. The van der Waals surface area contributed by atoms with E-state index in [4.69, 9.17) is 5.11 Å². The van der Waals surface area contributed by atoms with Gasteiger partial charge in [0.2, 0.25) is 0 Å². The first kappa shape index (κ1) is 16.2. The van der Waals surface area contributed by atoms with E-state index in [2.05, 4.69) is 5.32 Å². The number of benzene rings is 1. The van der Waals surface area contributed by atoms with E-state index in [9.17, 15) is 14.0 Å². The molecular formula is C16H16FNO3S. The summed E-state index contributed by atoms with van der Waals surface area (Å²) in [5.74, 6) is -2.37. The summed E-state index contributed by atoms with van der Waals surface area (Å²) in [6.45, 7) is 2.43. The highest BCUT2D eigenvalue weighted by Crippen LogP contribution is 2.14. The van der Waals surface area contributed by atoms with Crippen molar-refractivity contribution in [2.75, 3.05) is 6.54 Å². The molecule has 2 aromatic rings. The molecule has 22 heavy (non-hydrogen) atoms. The largest absolute Gasteiger partial charge is 0.478 e. The Balaban J connectivity index is 1.93. The summed E-state index contributed by atoms with van der Waals surface area (Å²) in [5, 5.41) is 13.5. The standard InChI is InChI=1S/C16H16FNO3S/c1-10(7-12-3-2-6-22-12)9-18-15(19)13-5-4-11(16(20)21)8-14(13)17/h2-6,8,10H,7,9H2,1H3,(H,18,19)(H,20,21). The number of halogens is 1. The minimum atomic E-state index is -1.23. The Labute approximate surface area is 131 Å². The van der Waals surface area contributed by atoms with Crippen molar-refractivity contribution in [2.24, 2.45) is 5.92 Å². The number of carboxylic acid groups (broad SMARTS) is 1. The molecule has 0 radical (unpaired) electrons. The van der Waals surface area contributed by atoms with Crippen LogP contribution < -0.4 is 5.32 Å². The lowest BCUT2D eigenvalue weighted by molar-refractivity contribution is 0.0695. The molecule has 0 aliphatic carbocycles. The van der Waals surface area contributed by atoms with Gasteiger partial charge in [-0.05, 0) is 42.0 Å². The molecule has 0 aliphatic heterocycles. The van der Waals surface area contributed by atoms with E-state index in [1.54, 1.807) is 11.3 Å². The van der Waals surface area contributed by atoms with E-state index in [1.807, 2.05) is 24.4 Å². The second kappa shape index (κ2) is 7.17.